The lowest BCUT2D eigenvalue weighted by atomic mass is 9.94. The lowest BCUT2D eigenvalue weighted by Crippen LogP contribution is -2.55. The van der Waals surface area contributed by atoms with Crippen molar-refractivity contribution in [1.82, 2.24) is 10.4 Å². The number of hydrogen-bond donors (Lipinski definition) is 1. The molecule has 2 amide bonds. The van der Waals surface area contributed by atoms with E-state index >= 15 is 0 Å². The van der Waals surface area contributed by atoms with Crippen LogP contribution in [0.25, 0.3) is 0 Å². The second kappa shape index (κ2) is 7.52. The van der Waals surface area contributed by atoms with Gasteiger partial charge in [0.2, 0.25) is 0 Å². The lowest BCUT2D eigenvalue weighted by Gasteiger charge is -2.37. The highest BCUT2D eigenvalue weighted by Crippen LogP contribution is 2.26. The molecule has 0 aliphatic heterocycles. The van der Waals surface area contributed by atoms with Crippen LogP contribution < -0.4 is 5.43 Å². The van der Waals surface area contributed by atoms with Crippen LogP contribution in [0.4, 0.5) is 9.59 Å². The van der Waals surface area contributed by atoms with E-state index in [0.717, 1.165) is 10.6 Å². The monoisotopic (exact) mass is 294 g/mol. The molecule has 1 aromatic carbocycles. The molecule has 0 radical (unpaired) electrons. The molecular weight excluding hydrogens is 272 g/mol. The van der Waals surface area contributed by atoms with Gasteiger partial charge in [0.15, 0.2) is 0 Å². The SMILES string of the molecule is CCOC(=O)NN(C(=O)OCC)C(C)(C)c1ccccc1. The Balaban J connectivity index is 3.04. The van der Waals surface area contributed by atoms with Crippen molar-refractivity contribution in [2.75, 3.05) is 13.2 Å². The van der Waals surface area contributed by atoms with Crippen LogP contribution in [0.2, 0.25) is 0 Å². The minimum atomic E-state index is -0.791. The Labute approximate surface area is 125 Å². The summed E-state index contributed by atoms with van der Waals surface area (Å²) in [6, 6.07) is 9.36. The summed E-state index contributed by atoms with van der Waals surface area (Å²) in [6.07, 6.45) is -1.34. The fraction of sp³-hybridized carbons (Fsp3) is 0.467. The van der Waals surface area contributed by atoms with E-state index < -0.39 is 17.7 Å². The first kappa shape index (κ1) is 16.8. The molecular formula is C15H22N2O4. The van der Waals surface area contributed by atoms with Crippen molar-refractivity contribution in [1.29, 1.82) is 0 Å². The van der Waals surface area contributed by atoms with Crippen LogP contribution in [-0.4, -0.2) is 30.4 Å². The molecule has 116 valence electrons. The lowest BCUT2D eigenvalue weighted by molar-refractivity contribution is 0.0276. The minimum Gasteiger partial charge on any atom is -0.449 e. The van der Waals surface area contributed by atoms with Crippen molar-refractivity contribution in [3.63, 3.8) is 0 Å². The van der Waals surface area contributed by atoms with Gasteiger partial charge in [-0.15, -0.1) is 0 Å². The van der Waals surface area contributed by atoms with E-state index in [9.17, 15) is 9.59 Å². The van der Waals surface area contributed by atoms with E-state index in [1.807, 2.05) is 44.2 Å². The summed E-state index contributed by atoms with van der Waals surface area (Å²) in [5, 5.41) is 1.14. The number of hydrazine groups is 1. The smallest absolute Gasteiger partial charge is 0.429 e. The largest absolute Gasteiger partial charge is 0.449 e. The van der Waals surface area contributed by atoms with Gasteiger partial charge < -0.3 is 9.47 Å². The Bertz CT molecular complexity index is 474. The zero-order valence-corrected chi connectivity index (χ0v) is 12.9. The average molecular weight is 294 g/mol. The maximum atomic E-state index is 12.1. The predicted molar refractivity (Wildman–Crippen MR) is 78.5 cm³/mol. The molecule has 1 N–H and O–H groups in total. The van der Waals surface area contributed by atoms with E-state index in [1.165, 1.54) is 0 Å². The van der Waals surface area contributed by atoms with Crippen molar-refractivity contribution in [3.8, 4) is 0 Å². The number of benzene rings is 1. The second-order valence-corrected chi connectivity index (χ2v) is 4.79. The van der Waals surface area contributed by atoms with Crippen molar-refractivity contribution >= 4 is 12.2 Å². The molecule has 0 bridgehead atoms. The van der Waals surface area contributed by atoms with Gasteiger partial charge in [0, 0.05) is 0 Å². The fourth-order valence-electron chi connectivity index (χ4n) is 1.83. The van der Waals surface area contributed by atoms with Crippen LogP contribution in [0.3, 0.4) is 0 Å². The minimum absolute atomic E-state index is 0.213. The van der Waals surface area contributed by atoms with Crippen molar-refractivity contribution in [2.45, 2.75) is 33.2 Å². The fourth-order valence-corrected chi connectivity index (χ4v) is 1.83. The number of rotatable bonds is 4. The van der Waals surface area contributed by atoms with E-state index in [2.05, 4.69) is 5.43 Å². The first-order valence-electron chi connectivity index (χ1n) is 6.89. The molecule has 0 aromatic heterocycles. The van der Waals surface area contributed by atoms with Gasteiger partial charge in [-0.1, -0.05) is 30.3 Å². The molecule has 0 aliphatic rings. The highest BCUT2D eigenvalue weighted by Gasteiger charge is 2.35. The average Bonchev–Trinajstić information content (AvgIpc) is 2.46. The van der Waals surface area contributed by atoms with E-state index in [0.29, 0.717) is 0 Å². The summed E-state index contributed by atoms with van der Waals surface area (Å²) in [6.45, 7) is 7.45. The van der Waals surface area contributed by atoms with Crippen LogP contribution in [0, 0.1) is 0 Å². The second-order valence-electron chi connectivity index (χ2n) is 4.79. The molecule has 0 spiro atoms. The Morgan fingerprint density at radius 1 is 1.10 bits per heavy atom. The van der Waals surface area contributed by atoms with E-state index in [1.54, 1.807) is 13.8 Å². The number of amides is 2. The molecule has 1 aromatic rings. The molecule has 0 unspecified atom stereocenters. The first-order valence-corrected chi connectivity index (χ1v) is 6.89. The summed E-state index contributed by atoms with van der Waals surface area (Å²) in [5.41, 5.74) is 2.50. The number of carbonyl (C=O) groups is 2. The van der Waals surface area contributed by atoms with E-state index in [-0.39, 0.29) is 13.2 Å². The molecule has 0 saturated heterocycles. The standard InChI is InChI=1S/C15H22N2O4/c1-5-20-13(18)16-17(14(19)21-6-2)15(3,4)12-10-8-7-9-11-12/h7-11H,5-6H2,1-4H3,(H,16,18). The van der Waals surface area contributed by atoms with Crippen molar-refractivity contribution < 1.29 is 19.1 Å². The maximum absolute atomic E-state index is 12.1. The van der Waals surface area contributed by atoms with Crippen LogP contribution in [-0.2, 0) is 15.0 Å². The number of nitrogens with zero attached hydrogens (tertiary/aromatic N) is 1. The number of hydrogen-bond acceptors (Lipinski definition) is 4. The predicted octanol–water partition coefficient (Wildman–Crippen LogP) is 3.04. The number of nitrogens with one attached hydrogen (secondary N) is 1. The number of ether oxygens (including phenoxy) is 2. The zero-order valence-electron chi connectivity index (χ0n) is 12.9. The highest BCUT2D eigenvalue weighted by molar-refractivity contribution is 5.74. The topological polar surface area (TPSA) is 67.9 Å². The Kier molecular flexibility index (Phi) is 6.02. The quantitative estimate of drug-likeness (QED) is 0.867. The van der Waals surface area contributed by atoms with Gasteiger partial charge in [0.25, 0.3) is 0 Å². The Morgan fingerprint density at radius 2 is 1.67 bits per heavy atom. The van der Waals surface area contributed by atoms with Crippen molar-refractivity contribution in [2.24, 2.45) is 0 Å². The molecule has 0 saturated carbocycles. The molecule has 6 nitrogen and oxygen atoms in total. The molecule has 0 aliphatic carbocycles. The van der Waals surface area contributed by atoms with Gasteiger partial charge in [-0.05, 0) is 33.3 Å². The summed E-state index contributed by atoms with van der Waals surface area (Å²) in [5.74, 6) is 0. The van der Waals surface area contributed by atoms with Gasteiger partial charge >= 0.3 is 12.2 Å². The molecule has 0 fully saturated rings. The highest BCUT2D eigenvalue weighted by atomic mass is 16.6. The molecule has 21 heavy (non-hydrogen) atoms. The normalized spacial score (nSPS) is 10.7. The third kappa shape index (κ3) is 4.37. The van der Waals surface area contributed by atoms with Gasteiger partial charge in [-0.2, -0.15) is 0 Å². The third-order valence-electron chi connectivity index (χ3n) is 2.97. The zero-order chi connectivity index (χ0) is 15.9. The van der Waals surface area contributed by atoms with Crippen LogP contribution in [0.5, 0.6) is 0 Å². The number of carbonyl (C=O) groups excluding carboxylic acids is 2. The molecule has 1 rings (SSSR count). The Hall–Kier alpha value is -2.24. The summed E-state index contributed by atoms with van der Waals surface area (Å²) in [7, 11) is 0. The van der Waals surface area contributed by atoms with E-state index in [4.69, 9.17) is 9.47 Å². The summed E-state index contributed by atoms with van der Waals surface area (Å²) >= 11 is 0. The van der Waals surface area contributed by atoms with Crippen molar-refractivity contribution in [3.05, 3.63) is 35.9 Å². The summed E-state index contributed by atoms with van der Waals surface area (Å²) in [4.78, 5) is 23.8. The molecule has 0 heterocycles. The third-order valence-corrected chi connectivity index (χ3v) is 2.97. The first-order chi connectivity index (χ1) is 9.93. The molecule has 0 atom stereocenters. The van der Waals surface area contributed by atoms with Gasteiger partial charge in [-0.25, -0.2) is 20.0 Å². The Morgan fingerprint density at radius 3 is 2.19 bits per heavy atom. The van der Waals surface area contributed by atoms with Crippen LogP contribution >= 0.6 is 0 Å². The molecule has 6 heteroatoms. The van der Waals surface area contributed by atoms with Crippen LogP contribution in [0.1, 0.15) is 33.3 Å². The van der Waals surface area contributed by atoms with Gasteiger partial charge in [0.05, 0.1) is 18.8 Å². The van der Waals surface area contributed by atoms with Gasteiger partial charge in [0.1, 0.15) is 0 Å². The van der Waals surface area contributed by atoms with Gasteiger partial charge in [-0.3, -0.25) is 0 Å². The summed E-state index contributed by atoms with van der Waals surface area (Å²) < 4.78 is 9.84. The maximum Gasteiger partial charge on any atom is 0.429 e. The van der Waals surface area contributed by atoms with Crippen LogP contribution in [0.15, 0.2) is 30.3 Å².